The molecule has 0 aromatic heterocycles. The van der Waals surface area contributed by atoms with E-state index >= 15 is 0 Å². The Labute approximate surface area is 125 Å². The largest absolute Gasteiger partial charge is 0.492 e. The van der Waals surface area contributed by atoms with Gasteiger partial charge in [0.1, 0.15) is 12.4 Å². The first-order chi connectivity index (χ1) is 9.55. The number of hydrogen-bond acceptors (Lipinski definition) is 3. The van der Waals surface area contributed by atoms with Crippen molar-refractivity contribution in [3.63, 3.8) is 0 Å². The van der Waals surface area contributed by atoms with E-state index in [1.807, 2.05) is 0 Å². The first-order valence-corrected chi connectivity index (χ1v) is 6.43. The number of ether oxygens (including phenoxy) is 1. The minimum atomic E-state index is -4.81. The van der Waals surface area contributed by atoms with Crippen LogP contribution in [-0.4, -0.2) is 42.7 Å². The van der Waals surface area contributed by atoms with Gasteiger partial charge in [0.15, 0.2) is 5.54 Å². The Kier molecular flexibility index (Phi) is 5.47. The molecule has 0 radical (unpaired) electrons. The predicted molar refractivity (Wildman–Crippen MR) is 73.2 cm³/mol. The van der Waals surface area contributed by atoms with Crippen molar-refractivity contribution in [2.24, 2.45) is 5.73 Å². The van der Waals surface area contributed by atoms with Crippen LogP contribution in [0, 0.1) is 0 Å². The molecule has 4 nitrogen and oxygen atoms in total. The third-order valence-electron chi connectivity index (χ3n) is 2.87. The van der Waals surface area contributed by atoms with Crippen molar-refractivity contribution in [1.29, 1.82) is 0 Å². The molecule has 0 aliphatic heterocycles. The summed E-state index contributed by atoms with van der Waals surface area (Å²) in [6.45, 7) is 0.633. The maximum absolute atomic E-state index is 12.7. The summed E-state index contributed by atoms with van der Waals surface area (Å²) >= 11 is 5.76. The van der Waals surface area contributed by atoms with Gasteiger partial charge in [-0.05, 0) is 25.1 Å². The van der Waals surface area contributed by atoms with Crippen LogP contribution in [0.2, 0.25) is 5.02 Å². The van der Waals surface area contributed by atoms with Gasteiger partial charge >= 0.3 is 6.18 Å². The van der Waals surface area contributed by atoms with Gasteiger partial charge in [0.05, 0.1) is 6.54 Å². The maximum Gasteiger partial charge on any atom is 0.415 e. The van der Waals surface area contributed by atoms with Gasteiger partial charge in [-0.2, -0.15) is 13.2 Å². The molecule has 1 amide bonds. The number of rotatable bonds is 5. The molecule has 0 bridgehead atoms. The monoisotopic (exact) mass is 324 g/mol. The zero-order valence-corrected chi connectivity index (χ0v) is 12.3. The Hall–Kier alpha value is -1.47. The van der Waals surface area contributed by atoms with Crippen LogP contribution < -0.4 is 10.5 Å². The van der Waals surface area contributed by atoms with E-state index in [0.29, 0.717) is 17.7 Å². The van der Waals surface area contributed by atoms with Crippen molar-refractivity contribution in [3.8, 4) is 5.75 Å². The van der Waals surface area contributed by atoms with Crippen LogP contribution in [0.15, 0.2) is 24.3 Å². The van der Waals surface area contributed by atoms with Crippen LogP contribution in [0.3, 0.4) is 0 Å². The second kappa shape index (κ2) is 6.53. The average molecular weight is 325 g/mol. The lowest BCUT2D eigenvalue weighted by molar-refractivity contribution is -0.193. The molecular formula is C13H16ClF3N2O2. The Morgan fingerprint density at radius 1 is 1.43 bits per heavy atom. The van der Waals surface area contributed by atoms with Crippen molar-refractivity contribution in [2.45, 2.75) is 18.6 Å². The van der Waals surface area contributed by atoms with Gasteiger partial charge in [0, 0.05) is 12.1 Å². The fraction of sp³-hybridized carbons (Fsp3) is 0.462. The summed E-state index contributed by atoms with van der Waals surface area (Å²) < 4.78 is 43.3. The number of amides is 1. The quantitative estimate of drug-likeness (QED) is 0.905. The summed E-state index contributed by atoms with van der Waals surface area (Å²) in [5.74, 6) is -0.751. The van der Waals surface area contributed by atoms with Gasteiger partial charge in [-0.15, -0.1) is 0 Å². The first-order valence-electron chi connectivity index (χ1n) is 6.05. The second-order valence-corrected chi connectivity index (χ2v) is 5.17. The smallest absolute Gasteiger partial charge is 0.415 e. The molecule has 21 heavy (non-hydrogen) atoms. The summed E-state index contributed by atoms with van der Waals surface area (Å²) in [6.07, 6.45) is -4.81. The molecule has 0 spiro atoms. The Morgan fingerprint density at radius 2 is 2.05 bits per heavy atom. The molecule has 0 saturated heterocycles. The molecule has 0 aliphatic rings. The summed E-state index contributed by atoms with van der Waals surface area (Å²) in [5.41, 5.74) is 2.15. The van der Waals surface area contributed by atoms with Crippen molar-refractivity contribution in [2.75, 3.05) is 20.2 Å². The van der Waals surface area contributed by atoms with E-state index in [1.165, 1.54) is 7.05 Å². The molecule has 0 aliphatic carbocycles. The number of nitrogens with zero attached hydrogens (tertiary/aromatic N) is 1. The molecule has 0 fully saturated rings. The van der Waals surface area contributed by atoms with Crippen LogP contribution in [0.25, 0.3) is 0 Å². The highest BCUT2D eigenvalue weighted by Crippen LogP contribution is 2.29. The van der Waals surface area contributed by atoms with E-state index in [1.54, 1.807) is 24.3 Å². The number of benzene rings is 1. The van der Waals surface area contributed by atoms with Gasteiger partial charge in [-0.1, -0.05) is 17.7 Å². The van der Waals surface area contributed by atoms with Gasteiger partial charge in [-0.3, -0.25) is 4.79 Å². The fourth-order valence-corrected chi connectivity index (χ4v) is 1.66. The molecule has 1 aromatic rings. The molecule has 118 valence electrons. The molecule has 0 saturated carbocycles. The number of alkyl halides is 3. The van der Waals surface area contributed by atoms with Crippen LogP contribution >= 0.6 is 11.6 Å². The number of hydrogen-bond donors (Lipinski definition) is 1. The van der Waals surface area contributed by atoms with Gasteiger partial charge < -0.3 is 15.4 Å². The average Bonchev–Trinajstić information content (AvgIpc) is 2.36. The highest BCUT2D eigenvalue weighted by atomic mass is 35.5. The summed E-state index contributed by atoms with van der Waals surface area (Å²) in [4.78, 5) is 12.6. The molecule has 1 unspecified atom stereocenters. The van der Waals surface area contributed by atoms with Crippen LogP contribution in [0.1, 0.15) is 6.92 Å². The SMILES string of the molecule is CN(CCOc1cccc(Cl)c1)C(=O)C(C)(N)C(F)(F)F. The topological polar surface area (TPSA) is 55.6 Å². The van der Waals surface area contributed by atoms with Gasteiger partial charge in [0.2, 0.25) is 0 Å². The van der Waals surface area contributed by atoms with E-state index < -0.39 is 17.6 Å². The Balaban J connectivity index is 2.54. The van der Waals surface area contributed by atoms with E-state index in [4.69, 9.17) is 22.1 Å². The highest BCUT2D eigenvalue weighted by Gasteiger charge is 2.54. The zero-order chi connectivity index (χ0) is 16.3. The molecule has 2 N–H and O–H groups in total. The number of nitrogens with two attached hydrogens (primary N) is 1. The third-order valence-corrected chi connectivity index (χ3v) is 3.11. The van der Waals surface area contributed by atoms with E-state index in [0.717, 1.165) is 4.90 Å². The van der Waals surface area contributed by atoms with Crippen LogP contribution in [0.4, 0.5) is 13.2 Å². The maximum atomic E-state index is 12.7. The fourth-order valence-electron chi connectivity index (χ4n) is 1.48. The van der Waals surface area contributed by atoms with Crippen molar-refractivity contribution < 1.29 is 22.7 Å². The zero-order valence-electron chi connectivity index (χ0n) is 11.6. The summed E-state index contributed by atoms with van der Waals surface area (Å²) in [5, 5.41) is 0.475. The van der Waals surface area contributed by atoms with Crippen molar-refractivity contribution in [1.82, 2.24) is 4.90 Å². The minimum absolute atomic E-state index is 0.0243. The van der Waals surface area contributed by atoms with Crippen LogP contribution in [-0.2, 0) is 4.79 Å². The minimum Gasteiger partial charge on any atom is -0.492 e. The lowest BCUT2D eigenvalue weighted by Crippen LogP contribution is -2.61. The Morgan fingerprint density at radius 3 is 2.57 bits per heavy atom. The third kappa shape index (κ3) is 4.50. The van der Waals surface area contributed by atoms with Gasteiger partial charge in [-0.25, -0.2) is 0 Å². The van der Waals surface area contributed by atoms with Gasteiger partial charge in [0.25, 0.3) is 5.91 Å². The van der Waals surface area contributed by atoms with E-state index in [2.05, 4.69) is 0 Å². The first kappa shape index (κ1) is 17.6. The normalized spacial score (nSPS) is 14.4. The Bertz CT molecular complexity index is 506. The number of halogens is 4. The molecule has 1 atom stereocenters. The molecular weight excluding hydrogens is 309 g/mol. The lowest BCUT2D eigenvalue weighted by Gasteiger charge is -2.30. The van der Waals surface area contributed by atoms with E-state index in [9.17, 15) is 18.0 Å². The van der Waals surface area contributed by atoms with Crippen molar-refractivity contribution in [3.05, 3.63) is 29.3 Å². The van der Waals surface area contributed by atoms with Crippen LogP contribution in [0.5, 0.6) is 5.75 Å². The number of carbonyl (C=O) groups excluding carboxylic acids is 1. The molecule has 1 rings (SSSR count). The summed E-state index contributed by atoms with van der Waals surface area (Å²) in [6, 6.07) is 6.54. The summed E-state index contributed by atoms with van der Waals surface area (Å²) in [7, 11) is 1.24. The molecule has 0 heterocycles. The van der Waals surface area contributed by atoms with Crippen molar-refractivity contribution >= 4 is 17.5 Å². The molecule has 8 heteroatoms. The number of carbonyl (C=O) groups is 1. The molecule has 1 aromatic carbocycles. The van der Waals surface area contributed by atoms with E-state index in [-0.39, 0.29) is 13.2 Å². The second-order valence-electron chi connectivity index (χ2n) is 4.73. The standard InChI is InChI=1S/C13H16ClF3N2O2/c1-12(18,13(15,16)17)11(20)19(2)6-7-21-10-5-3-4-9(14)8-10/h3-5,8H,6-7,18H2,1-2H3. The lowest BCUT2D eigenvalue weighted by atomic mass is 10.0. The highest BCUT2D eigenvalue weighted by molar-refractivity contribution is 6.30. The number of likely N-dealkylation sites (N-methyl/N-ethyl adjacent to an activating group) is 1. The predicted octanol–water partition coefficient (Wildman–Crippen LogP) is 2.46.